The minimum Gasteiger partial charge on any atom is -0.368 e. The highest BCUT2D eigenvalue weighted by atomic mass is 35.5. The summed E-state index contributed by atoms with van der Waals surface area (Å²) in [6.45, 7) is 1.65. The van der Waals surface area contributed by atoms with Gasteiger partial charge in [0, 0.05) is 5.69 Å². The molecule has 10 heteroatoms. The number of rotatable bonds is 4. The predicted octanol–water partition coefficient (Wildman–Crippen LogP) is 1.95. The molecule has 0 aliphatic rings. The highest BCUT2D eigenvalue weighted by Crippen LogP contribution is 2.23. The molecule has 116 valence electrons. The topological polar surface area (TPSA) is 120 Å². The number of anilines is 3. The van der Waals surface area contributed by atoms with Crippen molar-refractivity contribution in [2.75, 3.05) is 16.8 Å². The van der Waals surface area contributed by atoms with Crippen molar-refractivity contribution in [3.8, 4) is 0 Å². The lowest BCUT2D eigenvalue weighted by Crippen LogP contribution is -2.23. The van der Waals surface area contributed by atoms with E-state index in [1.165, 1.54) is 18.2 Å². The highest BCUT2D eigenvalue weighted by molar-refractivity contribution is 8.00. The zero-order chi connectivity index (χ0) is 16.3. The van der Waals surface area contributed by atoms with E-state index in [2.05, 4.69) is 20.3 Å². The van der Waals surface area contributed by atoms with Gasteiger partial charge in [0.15, 0.2) is 5.16 Å². The maximum absolute atomic E-state index is 13.1. The summed E-state index contributed by atoms with van der Waals surface area (Å²) in [5, 5.41) is 2.25. The van der Waals surface area contributed by atoms with Gasteiger partial charge in [0.2, 0.25) is 17.8 Å². The number of nitrogens with two attached hydrogens (primary N) is 2. The van der Waals surface area contributed by atoms with Gasteiger partial charge in [0.25, 0.3) is 0 Å². The van der Waals surface area contributed by atoms with Crippen LogP contribution in [0.15, 0.2) is 23.4 Å². The van der Waals surface area contributed by atoms with E-state index in [0.717, 1.165) is 11.8 Å². The van der Waals surface area contributed by atoms with Gasteiger partial charge in [0.1, 0.15) is 5.82 Å². The molecule has 1 aromatic carbocycles. The molecular formula is C12H12ClFN6OS. The van der Waals surface area contributed by atoms with Crippen LogP contribution in [0.5, 0.6) is 0 Å². The molecule has 22 heavy (non-hydrogen) atoms. The van der Waals surface area contributed by atoms with Gasteiger partial charge < -0.3 is 16.8 Å². The van der Waals surface area contributed by atoms with E-state index >= 15 is 0 Å². The second-order valence-corrected chi connectivity index (χ2v) is 5.93. The van der Waals surface area contributed by atoms with Gasteiger partial charge in [-0.1, -0.05) is 23.4 Å². The van der Waals surface area contributed by atoms with Crippen LogP contribution in [0, 0.1) is 5.82 Å². The molecule has 1 heterocycles. The van der Waals surface area contributed by atoms with Crippen LogP contribution < -0.4 is 16.8 Å². The Bertz CT molecular complexity index is 696. The van der Waals surface area contributed by atoms with Gasteiger partial charge in [-0.2, -0.15) is 15.0 Å². The zero-order valence-corrected chi connectivity index (χ0v) is 13.0. The molecule has 7 nitrogen and oxygen atoms in total. The average molecular weight is 343 g/mol. The Morgan fingerprint density at radius 3 is 2.55 bits per heavy atom. The van der Waals surface area contributed by atoms with Crippen LogP contribution in [0.4, 0.5) is 22.0 Å². The number of hydrogen-bond acceptors (Lipinski definition) is 7. The van der Waals surface area contributed by atoms with E-state index in [9.17, 15) is 9.18 Å². The van der Waals surface area contributed by atoms with Crippen LogP contribution in [0.2, 0.25) is 5.02 Å². The van der Waals surface area contributed by atoms with E-state index in [1.807, 2.05) is 0 Å². The van der Waals surface area contributed by atoms with E-state index < -0.39 is 11.1 Å². The lowest BCUT2D eigenvalue weighted by molar-refractivity contribution is -0.115. The van der Waals surface area contributed by atoms with Crippen LogP contribution in [-0.4, -0.2) is 26.1 Å². The Morgan fingerprint density at radius 2 is 1.95 bits per heavy atom. The lowest BCUT2D eigenvalue weighted by Gasteiger charge is -2.11. The first kappa shape index (κ1) is 16.2. The van der Waals surface area contributed by atoms with Crippen LogP contribution in [0.1, 0.15) is 6.92 Å². The molecule has 0 aliphatic carbocycles. The number of nitrogen functional groups attached to an aromatic ring is 2. The Balaban J connectivity index is 2.04. The fourth-order valence-electron chi connectivity index (χ4n) is 1.47. The molecule has 0 radical (unpaired) electrons. The number of amides is 1. The van der Waals surface area contributed by atoms with Crippen molar-refractivity contribution < 1.29 is 9.18 Å². The van der Waals surface area contributed by atoms with Gasteiger partial charge in [-0.25, -0.2) is 4.39 Å². The molecule has 0 fully saturated rings. The maximum atomic E-state index is 13.1. The summed E-state index contributed by atoms with van der Waals surface area (Å²) in [6, 6.07) is 3.91. The summed E-state index contributed by atoms with van der Waals surface area (Å²) in [5.41, 5.74) is 11.3. The summed E-state index contributed by atoms with van der Waals surface area (Å²) in [7, 11) is 0. The van der Waals surface area contributed by atoms with Crippen LogP contribution in [-0.2, 0) is 4.79 Å². The monoisotopic (exact) mass is 342 g/mol. The van der Waals surface area contributed by atoms with E-state index in [4.69, 9.17) is 23.1 Å². The van der Waals surface area contributed by atoms with Gasteiger partial charge in [-0.15, -0.1) is 0 Å². The minimum absolute atomic E-state index is 0.0204. The number of nitrogens with one attached hydrogen (secondary N) is 1. The molecule has 0 aliphatic heterocycles. The number of nitrogens with zero attached hydrogens (tertiary/aromatic N) is 3. The summed E-state index contributed by atoms with van der Waals surface area (Å²) < 4.78 is 13.1. The second kappa shape index (κ2) is 6.75. The summed E-state index contributed by atoms with van der Waals surface area (Å²) in [6.07, 6.45) is 0. The standard InChI is InChI=1S/C12H12ClFN6OS/c1-5(22-12-19-10(15)18-11(16)20-12)9(21)17-6-2-3-8(14)7(13)4-6/h2-5H,1H3,(H,17,21)(H4,15,16,18,19,20)/t5-/m0/s1. The van der Waals surface area contributed by atoms with E-state index in [1.54, 1.807) is 6.92 Å². The average Bonchev–Trinajstić information content (AvgIpc) is 2.41. The molecule has 0 saturated carbocycles. The summed E-state index contributed by atoms with van der Waals surface area (Å²) >= 11 is 6.72. The number of aromatic nitrogens is 3. The quantitative estimate of drug-likeness (QED) is 0.726. The van der Waals surface area contributed by atoms with Crippen molar-refractivity contribution >= 4 is 46.9 Å². The molecule has 0 bridgehead atoms. The van der Waals surface area contributed by atoms with Gasteiger partial charge >= 0.3 is 0 Å². The number of benzene rings is 1. The normalized spacial score (nSPS) is 12.0. The molecule has 0 unspecified atom stereocenters. The highest BCUT2D eigenvalue weighted by Gasteiger charge is 2.17. The Hall–Kier alpha value is -2.13. The Kier molecular flexibility index (Phi) is 4.99. The molecule has 1 atom stereocenters. The Morgan fingerprint density at radius 1 is 1.32 bits per heavy atom. The zero-order valence-electron chi connectivity index (χ0n) is 11.4. The summed E-state index contributed by atoms with van der Waals surface area (Å²) in [4.78, 5) is 23.5. The first-order chi connectivity index (χ1) is 10.3. The van der Waals surface area contributed by atoms with Crippen LogP contribution in [0.3, 0.4) is 0 Å². The maximum Gasteiger partial charge on any atom is 0.237 e. The molecule has 1 amide bonds. The minimum atomic E-state index is -0.557. The largest absolute Gasteiger partial charge is 0.368 e. The molecule has 2 rings (SSSR count). The van der Waals surface area contributed by atoms with E-state index in [0.29, 0.717) is 5.69 Å². The fraction of sp³-hybridized carbons (Fsp3) is 0.167. The van der Waals surface area contributed by atoms with Gasteiger partial charge in [-0.3, -0.25) is 4.79 Å². The van der Waals surface area contributed by atoms with Crippen molar-refractivity contribution in [1.82, 2.24) is 15.0 Å². The smallest absolute Gasteiger partial charge is 0.237 e. The number of carbonyl (C=O) groups excluding carboxylic acids is 1. The van der Waals surface area contributed by atoms with Crippen molar-refractivity contribution in [2.45, 2.75) is 17.3 Å². The number of hydrogen-bond donors (Lipinski definition) is 3. The van der Waals surface area contributed by atoms with Crippen LogP contribution >= 0.6 is 23.4 Å². The third-order valence-electron chi connectivity index (χ3n) is 2.49. The molecular weight excluding hydrogens is 331 g/mol. The van der Waals surface area contributed by atoms with E-state index in [-0.39, 0.29) is 28.0 Å². The molecule has 0 saturated heterocycles. The molecule has 1 aromatic heterocycles. The van der Waals surface area contributed by atoms with Crippen molar-refractivity contribution in [3.05, 3.63) is 29.0 Å². The van der Waals surface area contributed by atoms with Crippen molar-refractivity contribution in [2.24, 2.45) is 0 Å². The molecule has 2 aromatic rings. The van der Waals surface area contributed by atoms with Crippen LogP contribution in [0.25, 0.3) is 0 Å². The Labute approximate surface area is 134 Å². The molecule has 0 spiro atoms. The third-order valence-corrected chi connectivity index (χ3v) is 3.74. The van der Waals surface area contributed by atoms with Gasteiger partial charge in [-0.05, 0) is 25.1 Å². The third kappa shape index (κ3) is 4.18. The first-order valence-corrected chi connectivity index (χ1v) is 7.30. The lowest BCUT2D eigenvalue weighted by atomic mass is 10.3. The van der Waals surface area contributed by atoms with Crippen molar-refractivity contribution in [1.29, 1.82) is 0 Å². The second-order valence-electron chi connectivity index (χ2n) is 4.21. The molecule has 5 N–H and O–H groups in total. The predicted molar refractivity (Wildman–Crippen MR) is 84.0 cm³/mol. The summed E-state index contributed by atoms with van der Waals surface area (Å²) in [5.74, 6) is -0.927. The fourth-order valence-corrected chi connectivity index (χ4v) is 2.43. The number of thioether (sulfide) groups is 1. The number of carbonyl (C=O) groups is 1. The SMILES string of the molecule is C[C@H](Sc1nc(N)nc(N)n1)C(=O)Nc1ccc(F)c(Cl)c1. The first-order valence-electron chi connectivity index (χ1n) is 6.04. The number of halogens is 2. The van der Waals surface area contributed by atoms with Gasteiger partial charge in [0.05, 0.1) is 10.3 Å². The van der Waals surface area contributed by atoms with Crippen molar-refractivity contribution in [3.63, 3.8) is 0 Å².